The number of amides is 1. The summed E-state index contributed by atoms with van der Waals surface area (Å²) >= 11 is 3.36. The van der Waals surface area contributed by atoms with Crippen molar-refractivity contribution >= 4 is 21.8 Å². The minimum atomic E-state index is -0.167. The minimum absolute atomic E-state index is 0.0860. The van der Waals surface area contributed by atoms with E-state index in [-0.39, 0.29) is 12.0 Å². The van der Waals surface area contributed by atoms with Gasteiger partial charge in [0.05, 0.1) is 6.61 Å². The number of benzene rings is 2. The Morgan fingerprint density at radius 2 is 1.76 bits per heavy atom. The summed E-state index contributed by atoms with van der Waals surface area (Å²) in [6, 6.07) is 16.3. The first-order valence-corrected chi connectivity index (χ1v) is 10.4. The number of rotatable bonds is 3. The Morgan fingerprint density at radius 1 is 1.17 bits per heavy atom. The highest BCUT2D eigenvalue weighted by Crippen LogP contribution is 2.23. The maximum Gasteiger partial charge on any atom is 0.220 e. The lowest BCUT2D eigenvalue weighted by Crippen LogP contribution is -2.17. The zero-order valence-electron chi connectivity index (χ0n) is 17.5. The van der Waals surface area contributed by atoms with Crippen LogP contribution in [0.3, 0.4) is 0 Å². The molecule has 4 nitrogen and oxygen atoms in total. The van der Waals surface area contributed by atoms with Crippen molar-refractivity contribution in [3.05, 3.63) is 64.1 Å². The van der Waals surface area contributed by atoms with Gasteiger partial charge in [0.25, 0.3) is 0 Å². The van der Waals surface area contributed by atoms with Crippen molar-refractivity contribution in [1.29, 1.82) is 0 Å². The van der Waals surface area contributed by atoms with Crippen LogP contribution in [0.2, 0.25) is 0 Å². The van der Waals surface area contributed by atoms with Crippen LogP contribution in [0, 0.1) is 12.8 Å². The first kappa shape index (κ1) is 26.7. The average Bonchev–Trinajstić information content (AvgIpc) is 2.74. The van der Waals surface area contributed by atoms with Gasteiger partial charge < -0.3 is 15.2 Å². The van der Waals surface area contributed by atoms with Gasteiger partial charge in [-0.25, -0.2) is 0 Å². The number of aliphatic hydroxyl groups excluding tert-OH is 1. The Hall–Kier alpha value is -2.29. The predicted octanol–water partition coefficient (Wildman–Crippen LogP) is 4.78. The third kappa shape index (κ3) is 13.5. The van der Waals surface area contributed by atoms with E-state index in [1.54, 1.807) is 20.9 Å². The lowest BCUT2D eigenvalue weighted by molar-refractivity contribution is -0.120. The van der Waals surface area contributed by atoms with Crippen LogP contribution in [0.4, 0.5) is 0 Å². The van der Waals surface area contributed by atoms with Crippen LogP contribution in [-0.4, -0.2) is 30.8 Å². The van der Waals surface area contributed by atoms with Crippen molar-refractivity contribution in [1.82, 2.24) is 5.32 Å². The standard InChI is InChI=1S/C10H12BrNO.C9H10O.C3H8O.C2H2/c1-12-10(13)7-4-8-2-5-9(11)6-3-8;1-2-6-9-8(4-1)5-3-7-10-9;1-3(2)4;1-2/h2-3,5-6H,4,7H2,1H3,(H,12,13);1-2,4,6H,3,5,7H2;3-4H,1-2H3;1-2H. The van der Waals surface area contributed by atoms with Gasteiger partial charge in [-0.05, 0) is 62.4 Å². The zero-order valence-corrected chi connectivity index (χ0v) is 19.1. The third-order valence-corrected chi connectivity index (χ3v) is 4.18. The fraction of sp³-hybridized carbons (Fsp3) is 0.375. The number of ether oxygens (including phenoxy) is 1. The van der Waals surface area contributed by atoms with E-state index in [4.69, 9.17) is 9.84 Å². The number of terminal acetylenes is 1. The highest BCUT2D eigenvalue weighted by molar-refractivity contribution is 9.10. The molecular formula is C24H32BrNO3. The van der Waals surface area contributed by atoms with Gasteiger partial charge in [0, 0.05) is 24.0 Å². The molecule has 3 rings (SSSR count). The van der Waals surface area contributed by atoms with Crippen LogP contribution >= 0.6 is 15.9 Å². The molecule has 0 radical (unpaired) electrons. The summed E-state index contributed by atoms with van der Waals surface area (Å²) in [5.41, 5.74) is 2.54. The normalized spacial score (nSPS) is 11.0. The van der Waals surface area contributed by atoms with Gasteiger partial charge in [0.2, 0.25) is 5.91 Å². The number of carbonyl (C=O) groups is 1. The highest BCUT2D eigenvalue weighted by Gasteiger charge is 2.07. The van der Waals surface area contributed by atoms with Crippen molar-refractivity contribution in [3.8, 4) is 18.6 Å². The minimum Gasteiger partial charge on any atom is -0.493 e. The molecule has 1 aliphatic rings. The number of hydrogen-bond acceptors (Lipinski definition) is 3. The van der Waals surface area contributed by atoms with Crippen molar-refractivity contribution in [2.24, 2.45) is 0 Å². The maximum absolute atomic E-state index is 10.9. The second-order valence-corrected chi connectivity index (χ2v) is 7.37. The predicted molar refractivity (Wildman–Crippen MR) is 124 cm³/mol. The third-order valence-electron chi connectivity index (χ3n) is 3.65. The molecule has 0 saturated heterocycles. The average molecular weight is 462 g/mol. The van der Waals surface area contributed by atoms with Crippen LogP contribution in [-0.2, 0) is 17.6 Å². The molecule has 0 unspecified atom stereocenters. The molecule has 2 aromatic carbocycles. The summed E-state index contributed by atoms with van der Waals surface area (Å²) in [7, 11) is 1.66. The Balaban J connectivity index is 0.000000434. The largest absolute Gasteiger partial charge is 0.493 e. The van der Waals surface area contributed by atoms with Crippen molar-refractivity contribution in [3.63, 3.8) is 0 Å². The van der Waals surface area contributed by atoms with Crippen molar-refractivity contribution in [2.75, 3.05) is 13.7 Å². The number of aliphatic hydroxyl groups is 1. The molecule has 1 amide bonds. The lowest BCUT2D eigenvalue weighted by Gasteiger charge is -2.15. The Morgan fingerprint density at radius 3 is 2.31 bits per heavy atom. The van der Waals surface area contributed by atoms with Crippen LogP contribution < -0.4 is 10.1 Å². The molecule has 0 aliphatic carbocycles. The number of para-hydroxylation sites is 1. The van der Waals surface area contributed by atoms with Crippen LogP contribution in [0.5, 0.6) is 5.75 Å². The first-order valence-electron chi connectivity index (χ1n) is 9.59. The molecule has 158 valence electrons. The summed E-state index contributed by atoms with van der Waals surface area (Å²) in [6.07, 6.45) is 11.5. The van der Waals surface area contributed by atoms with Gasteiger partial charge in [-0.1, -0.05) is 46.3 Å². The van der Waals surface area contributed by atoms with Crippen molar-refractivity contribution < 1.29 is 14.6 Å². The van der Waals surface area contributed by atoms with E-state index in [1.807, 2.05) is 36.4 Å². The Kier molecular flexibility index (Phi) is 15.3. The highest BCUT2D eigenvalue weighted by atomic mass is 79.9. The van der Waals surface area contributed by atoms with Crippen LogP contribution in [0.25, 0.3) is 0 Å². The second-order valence-electron chi connectivity index (χ2n) is 6.45. The molecule has 5 heteroatoms. The smallest absolute Gasteiger partial charge is 0.220 e. The first-order chi connectivity index (χ1) is 13.9. The number of hydrogen-bond donors (Lipinski definition) is 2. The fourth-order valence-corrected chi connectivity index (χ4v) is 2.59. The van der Waals surface area contributed by atoms with Gasteiger partial charge in [0.15, 0.2) is 0 Å². The second kappa shape index (κ2) is 16.6. The van der Waals surface area contributed by atoms with E-state index >= 15 is 0 Å². The van der Waals surface area contributed by atoms with E-state index in [9.17, 15) is 4.79 Å². The Labute approximate surface area is 183 Å². The van der Waals surface area contributed by atoms with Gasteiger partial charge in [-0.15, -0.1) is 12.8 Å². The van der Waals surface area contributed by atoms with Gasteiger partial charge in [-0.2, -0.15) is 0 Å². The summed E-state index contributed by atoms with van der Waals surface area (Å²) in [5.74, 6) is 1.16. The summed E-state index contributed by atoms with van der Waals surface area (Å²) < 4.78 is 6.49. The molecular weight excluding hydrogens is 430 g/mol. The summed E-state index contributed by atoms with van der Waals surface area (Å²) in [4.78, 5) is 10.9. The zero-order chi connectivity index (χ0) is 22.1. The lowest BCUT2D eigenvalue weighted by atomic mass is 10.1. The molecule has 0 fully saturated rings. The molecule has 0 aromatic heterocycles. The Bertz CT molecular complexity index is 684. The molecule has 0 bridgehead atoms. The number of nitrogens with one attached hydrogen (secondary N) is 1. The van der Waals surface area contributed by atoms with Gasteiger partial charge >= 0.3 is 0 Å². The SMILES string of the molecule is C#C.CC(C)O.CNC(=O)CCc1ccc(Br)cc1.c1ccc2c(c1)CCCO2. The van der Waals surface area contributed by atoms with Crippen molar-refractivity contribution in [2.45, 2.75) is 45.6 Å². The molecule has 0 spiro atoms. The number of carbonyl (C=O) groups excluding carboxylic acids is 1. The quantitative estimate of drug-likeness (QED) is 0.646. The molecule has 2 aromatic rings. The molecule has 1 aliphatic heterocycles. The molecule has 29 heavy (non-hydrogen) atoms. The van der Waals surface area contributed by atoms with E-state index in [0.29, 0.717) is 6.42 Å². The maximum atomic E-state index is 10.9. The molecule has 0 saturated carbocycles. The number of halogens is 1. The van der Waals surface area contributed by atoms with Gasteiger partial charge in [0.1, 0.15) is 5.75 Å². The molecule has 1 heterocycles. The van der Waals surface area contributed by atoms with E-state index in [2.05, 4.69) is 46.2 Å². The van der Waals surface area contributed by atoms with E-state index < -0.39 is 0 Å². The molecule has 2 N–H and O–H groups in total. The summed E-state index contributed by atoms with van der Waals surface area (Å²) in [5, 5.41) is 10.7. The van der Waals surface area contributed by atoms with Crippen LogP contribution in [0.1, 0.15) is 37.8 Å². The van der Waals surface area contributed by atoms with E-state index in [0.717, 1.165) is 29.7 Å². The number of fused-ring (bicyclic) bond motifs is 1. The number of aryl methyl sites for hydroxylation is 2. The fourth-order valence-electron chi connectivity index (χ4n) is 2.33. The monoisotopic (exact) mass is 461 g/mol. The van der Waals surface area contributed by atoms with E-state index in [1.165, 1.54) is 17.5 Å². The topological polar surface area (TPSA) is 58.6 Å². The van der Waals surface area contributed by atoms with Crippen LogP contribution in [0.15, 0.2) is 53.0 Å². The molecule has 0 atom stereocenters. The summed E-state index contributed by atoms with van der Waals surface area (Å²) in [6.45, 7) is 4.33. The van der Waals surface area contributed by atoms with Gasteiger partial charge in [-0.3, -0.25) is 4.79 Å².